The van der Waals surface area contributed by atoms with Crippen LogP contribution in [0.4, 0.5) is 0 Å². The minimum absolute atomic E-state index is 0.0816. The van der Waals surface area contributed by atoms with Crippen molar-refractivity contribution in [3.8, 4) is 0 Å². The first-order valence-electron chi connectivity index (χ1n) is 6.45. The van der Waals surface area contributed by atoms with Gasteiger partial charge in [-0.3, -0.25) is 4.79 Å². The summed E-state index contributed by atoms with van der Waals surface area (Å²) in [5.74, 6) is -0.0816. The van der Waals surface area contributed by atoms with E-state index in [2.05, 4.69) is 6.08 Å². The van der Waals surface area contributed by atoms with Crippen LogP contribution in [0.2, 0.25) is 0 Å². The molecule has 0 amide bonds. The number of carbonyl (C=O) groups excluding carboxylic acids is 1. The summed E-state index contributed by atoms with van der Waals surface area (Å²) >= 11 is 0. The van der Waals surface area contributed by atoms with Gasteiger partial charge in [-0.2, -0.15) is 0 Å². The van der Waals surface area contributed by atoms with Crippen LogP contribution in [-0.4, -0.2) is 12.6 Å². The Morgan fingerprint density at radius 2 is 2.00 bits per heavy atom. The zero-order chi connectivity index (χ0) is 12.0. The fourth-order valence-electron chi connectivity index (χ4n) is 2.20. The van der Waals surface area contributed by atoms with Crippen molar-refractivity contribution in [2.24, 2.45) is 5.41 Å². The van der Waals surface area contributed by atoms with E-state index < -0.39 is 5.41 Å². The molecule has 0 unspecified atom stereocenters. The third kappa shape index (κ3) is 3.36. The van der Waals surface area contributed by atoms with E-state index in [4.69, 9.17) is 4.74 Å². The van der Waals surface area contributed by atoms with Gasteiger partial charge in [0, 0.05) is 0 Å². The van der Waals surface area contributed by atoms with E-state index in [0.29, 0.717) is 6.61 Å². The van der Waals surface area contributed by atoms with Gasteiger partial charge < -0.3 is 4.74 Å². The maximum Gasteiger partial charge on any atom is 0.315 e. The van der Waals surface area contributed by atoms with Gasteiger partial charge in [0.2, 0.25) is 0 Å². The first-order valence-corrected chi connectivity index (χ1v) is 6.45. The van der Waals surface area contributed by atoms with Crippen molar-refractivity contribution in [3.05, 3.63) is 11.6 Å². The monoisotopic (exact) mass is 224 g/mol. The molecule has 0 aliphatic heterocycles. The van der Waals surface area contributed by atoms with Gasteiger partial charge in [0.05, 0.1) is 12.0 Å². The van der Waals surface area contributed by atoms with Crippen LogP contribution in [0.1, 0.15) is 59.3 Å². The number of esters is 1. The fourth-order valence-corrected chi connectivity index (χ4v) is 2.20. The maximum atomic E-state index is 11.9. The smallest absolute Gasteiger partial charge is 0.315 e. The second-order valence-corrected chi connectivity index (χ2v) is 5.03. The van der Waals surface area contributed by atoms with Gasteiger partial charge in [0.1, 0.15) is 0 Å². The summed E-state index contributed by atoms with van der Waals surface area (Å²) in [4.78, 5) is 11.9. The van der Waals surface area contributed by atoms with Gasteiger partial charge in [-0.05, 0) is 46.5 Å². The molecule has 0 spiro atoms. The molecule has 16 heavy (non-hydrogen) atoms. The second-order valence-electron chi connectivity index (χ2n) is 5.03. The molecule has 0 aromatic carbocycles. The highest BCUT2D eigenvalue weighted by Gasteiger charge is 2.32. The zero-order valence-corrected chi connectivity index (χ0v) is 10.8. The molecule has 0 fully saturated rings. The molecular weight excluding hydrogens is 200 g/mol. The van der Waals surface area contributed by atoms with E-state index >= 15 is 0 Å². The predicted molar refractivity (Wildman–Crippen MR) is 66.2 cm³/mol. The summed E-state index contributed by atoms with van der Waals surface area (Å²) in [6.07, 6.45) is 9.48. The summed E-state index contributed by atoms with van der Waals surface area (Å²) in [7, 11) is 0. The van der Waals surface area contributed by atoms with Crippen LogP contribution in [0.25, 0.3) is 0 Å². The summed E-state index contributed by atoms with van der Waals surface area (Å²) in [6.45, 7) is 6.30. The molecular formula is C14H24O2. The standard InChI is InChI=1S/C14H24O2/c1-4-16-13(15)14(2,3)12-10-8-6-5-7-9-11-12/h10H,4-9,11H2,1-3H3/b12-10+. The summed E-state index contributed by atoms with van der Waals surface area (Å²) < 4.78 is 5.15. The van der Waals surface area contributed by atoms with E-state index in [1.54, 1.807) is 0 Å². The van der Waals surface area contributed by atoms with Crippen LogP contribution in [0.3, 0.4) is 0 Å². The van der Waals surface area contributed by atoms with E-state index in [1.807, 2.05) is 20.8 Å². The van der Waals surface area contributed by atoms with E-state index in [1.165, 1.54) is 31.3 Å². The van der Waals surface area contributed by atoms with Crippen LogP contribution in [0.5, 0.6) is 0 Å². The molecule has 0 aromatic rings. The van der Waals surface area contributed by atoms with Crippen LogP contribution in [-0.2, 0) is 9.53 Å². The molecule has 0 aromatic heterocycles. The van der Waals surface area contributed by atoms with Crippen molar-refractivity contribution in [2.45, 2.75) is 59.3 Å². The average Bonchev–Trinajstić information content (AvgIpc) is 2.16. The molecule has 0 radical (unpaired) electrons. The van der Waals surface area contributed by atoms with Gasteiger partial charge in [0.25, 0.3) is 0 Å². The molecule has 0 saturated carbocycles. The lowest BCUT2D eigenvalue weighted by Gasteiger charge is -2.27. The van der Waals surface area contributed by atoms with Crippen LogP contribution in [0.15, 0.2) is 11.6 Å². The lowest BCUT2D eigenvalue weighted by molar-refractivity contribution is -0.151. The molecule has 2 heteroatoms. The van der Waals surface area contributed by atoms with E-state index in [9.17, 15) is 4.79 Å². The van der Waals surface area contributed by atoms with Crippen LogP contribution in [0, 0.1) is 5.41 Å². The van der Waals surface area contributed by atoms with Crippen molar-refractivity contribution in [1.82, 2.24) is 0 Å². The molecule has 1 rings (SSSR count). The fraction of sp³-hybridized carbons (Fsp3) is 0.786. The molecule has 0 saturated heterocycles. The maximum absolute atomic E-state index is 11.9. The van der Waals surface area contributed by atoms with Gasteiger partial charge in [-0.25, -0.2) is 0 Å². The largest absolute Gasteiger partial charge is 0.465 e. The van der Waals surface area contributed by atoms with Gasteiger partial charge >= 0.3 is 5.97 Å². The van der Waals surface area contributed by atoms with Crippen molar-refractivity contribution < 1.29 is 9.53 Å². The first kappa shape index (κ1) is 13.3. The Morgan fingerprint density at radius 3 is 2.69 bits per heavy atom. The molecule has 0 N–H and O–H groups in total. The molecule has 0 heterocycles. The van der Waals surface area contributed by atoms with Crippen molar-refractivity contribution in [3.63, 3.8) is 0 Å². The van der Waals surface area contributed by atoms with Crippen LogP contribution < -0.4 is 0 Å². The quantitative estimate of drug-likeness (QED) is 0.537. The zero-order valence-electron chi connectivity index (χ0n) is 10.8. The Bertz CT molecular complexity index is 264. The average molecular weight is 224 g/mol. The molecule has 2 nitrogen and oxygen atoms in total. The third-order valence-corrected chi connectivity index (χ3v) is 3.38. The Balaban J connectivity index is 2.74. The summed E-state index contributed by atoms with van der Waals surface area (Å²) in [6, 6.07) is 0. The number of ether oxygens (including phenoxy) is 1. The Kier molecular flexibility index (Phi) is 5.04. The van der Waals surface area contributed by atoms with Crippen LogP contribution >= 0.6 is 0 Å². The van der Waals surface area contributed by atoms with Crippen molar-refractivity contribution >= 4 is 5.97 Å². The van der Waals surface area contributed by atoms with E-state index in [0.717, 1.165) is 12.8 Å². The second kappa shape index (κ2) is 6.07. The van der Waals surface area contributed by atoms with Gasteiger partial charge in [-0.15, -0.1) is 0 Å². The number of rotatable bonds is 3. The Hall–Kier alpha value is -0.790. The van der Waals surface area contributed by atoms with E-state index in [-0.39, 0.29) is 5.97 Å². The highest BCUT2D eigenvalue weighted by Crippen LogP contribution is 2.33. The van der Waals surface area contributed by atoms with Gasteiger partial charge in [-0.1, -0.05) is 24.5 Å². The first-order chi connectivity index (χ1) is 7.59. The topological polar surface area (TPSA) is 26.3 Å². The van der Waals surface area contributed by atoms with Gasteiger partial charge in [0.15, 0.2) is 0 Å². The van der Waals surface area contributed by atoms with Crippen molar-refractivity contribution in [1.29, 1.82) is 0 Å². The lowest BCUT2D eigenvalue weighted by Crippen LogP contribution is -2.29. The molecule has 92 valence electrons. The Morgan fingerprint density at radius 1 is 1.31 bits per heavy atom. The SMILES string of the molecule is CCOC(=O)C(C)(C)/C1=C/CCCCCC1. The third-order valence-electron chi connectivity index (χ3n) is 3.38. The van der Waals surface area contributed by atoms with Crippen molar-refractivity contribution in [2.75, 3.05) is 6.61 Å². The number of allylic oxidation sites excluding steroid dienone is 1. The molecule has 0 bridgehead atoms. The number of carbonyl (C=O) groups is 1. The number of hydrogen-bond acceptors (Lipinski definition) is 2. The predicted octanol–water partition coefficient (Wildman–Crippen LogP) is 3.86. The molecule has 1 aliphatic carbocycles. The lowest BCUT2D eigenvalue weighted by atomic mass is 9.79. The normalized spacial score (nSPS) is 21.6. The molecule has 1 aliphatic rings. The summed E-state index contributed by atoms with van der Waals surface area (Å²) in [5.41, 5.74) is 0.832. The minimum Gasteiger partial charge on any atom is -0.465 e. The Labute approximate surface area is 99.1 Å². The highest BCUT2D eigenvalue weighted by molar-refractivity contribution is 5.79. The molecule has 0 atom stereocenters. The minimum atomic E-state index is -0.437. The highest BCUT2D eigenvalue weighted by atomic mass is 16.5. The number of hydrogen-bond donors (Lipinski definition) is 0. The summed E-state index contributed by atoms with van der Waals surface area (Å²) in [5, 5.41) is 0.